The number of fused-ring (bicyclic) bond motifs is 4. The molecule has 3 heterocycles. The Hall–Kier alpha value is -3.74. The fourth-order valence-corrected chi connectivity index (χ4v) is 10.6. The van der Waals surface area contributed by atoms with Gasteiger partial charge in [0.25, 0.3) is 5.56 Å². The van der Waals surface area contributed by atoms with Crippen molar-refractivity contribution in [1.29, 1.82) is 0 Å². The number of aromatic nitrogens is 1. The summed E-state index contributed by atoms with van der Waals surface area (Å²) < 4.78 is 41.7. The Morgan fingerprint density at radius 3 is 2.46 bits per heavy atom. The monoisotopic (exact) mass is 737 g/mol. The summed E-state index contributed by atoms with van der Waals surface area (Å²) in [5, 5.41) is -0.603. The van der Waals surface area contributed by atoms with Crippen LogP contribution in [0.3, 0.4) is 0 Å². The predicted molar refractivity (Wildman–Crippen MR) is 191 cm³/mol. The molecule has 2 bridgehead atoms. The lowest BCUT2D eigenvalue weighted by atomic mass is 9.86. The number of esters is 1. The van der Waals surface area contributed by atoms with E-state index in [0.717, 1.165) is 57.8 Å². The molecule has 1 saturated heterocycles. The molecule has 0 radical (unpaired) electrons. The van der Waals surface area contributed by atoms with Gasteiger partial charge in [-0.15, -0.1) is 6.58 Å². The number of allylic oxidation sites excluding steroid dienone is 3. The van der Waals surface area contributed by atoms with Crippen molar-refractivity contribution in [2.45, 2.75) is 126 Å². The number of rotatable bonds is 8. The number of carbonyl (C=O) groups excluding carboxylic acids is 4. The van der Waals surface area contributed by atoms with Gasteiger partial charge in [-0.05, 0) is 88.0 Å². The highest BCUT2D eigenvalue weighted by Gasteiger charge is 2.61. The van der Waals surface area contributed by atoms with Gasteiger partial charge in [0, 0.05) is 25.5 Å². The van der Waals surface area contributed by atoms with Crippen LogP contribution in [0.1, 0.15) is 96.3 Å². The minimum Gasteiger partial charge on any atom is -0.473 e. The number of sulfonamides is 1. The molecule has 0 aromatic carbocycles. The lowest BCUT2D eigenvalue weighted by Gasteiger charge is -2.31. The number of ketones is 1. The molecule has 6 aliphatic rings. The molecule has 2 amide bonds. The molecule has 0 unspecified atom stereocenters. The molecule has 1 N–H and O–H groups in total. The molecule has 0 spiro atoms. The maximum Gasteiger partial charge on any atom is 0.306 e. The first-order chi connectivity index (χ1) is 25.0. The van der Waals surface area contributed by atoms with Gasteiger partial charge in [-0.3, -0.25) is 33.3 Å². The largest absolute Gasteiger partial charge is 0.473 e. The normalized spacial score (nSPS) is 32.9. The van der Waals surface area contributed by atoms with Gasteiger partial charge in [0.1, 0.15) is 12.2 Å². The molecule has 12 nitrogen and oxygen atoms in total. The number of nitrogens with one attached hydrogen (secondary N) is 1. The molecular formula is C39H51N3O9S. The van der Waals surface area contributed by atoms with E-state index in [2.05, 4.69) is 11.3 Å². The summed E-state index contributed by atoms with van der Waals surface area (Å²) in [6, 6.07) is 3.81. The third kappa shape index (κ3) is 7.66. The van der Waals surface area contributed by atoms with Crippen LogP contribution in [0.2, 0.25) is 0 Å². The van der Waals surface area contributed by atoms with Crippen molar-refractivity contribution in [3.63, 3.8) is 0 Å². The van der Waals surface area contributed by atoms with Crippen LogP contribution in [-0.2, 0) is 40.5 Å². The average molecular weight is 738 g/mol. The highest BCUT2D eigenvalue weighted by atomic mass is 32.2. The fourth-order valence-electron chi connectivity index (χ4n) is 9.22. The Morgan fingerprint density at radius 2 is 1.73 bits per heavy atom. The standard InChI is InChI=1S/C39H51N3O9S/c1-2-27-22-39(27,38(47)40-52(48,49)29-17-18-29)23-32(43)31-20-28-24-42(31)37(46)30(25-10-5-6-11-25)21-36(45)51-33-14-8-13-26(33)12-4-3-7-19-41-34(44)15-9-16-35(41)50-28/h2-3,7,9,15-16,25-31,33H,1,4-6,8,10-14,17-24H2,(H,40,47)/t26-,27-,28-,30+,31+,33-,39-/m1/s1. The van der Waals surface area contributed by atoms with Gasteiger partial charge >= 0.3 is 5.97 Å². The van der Waals surface area contributed by atoms with E-state index in [4.69, 9.17) is 9.47 Å². The molecule has 52 heavy (non-hydrogen) atoms. The molecule has 4 saturated carbocycles. The molecule has 13 heteroatoms. The summed E-state index contributed by atoms with van der Waals surface area (Å²) in [4.78, 5) is 70.9. The van der Waals surface area contributed by atoms with Gasteiger partial charge in [-0.2, -0.15) is 0 Å². The fraction of sp³-hybridized carbons (Fsp3) is 0.667. The van der Waals surface area contributed by atoms with E-state index in [1.54, 1.807) is 18.2 Å². The highest BCUT2D eigenvalue weighted by molar-refractivity contribution is 7.90. The van der Waals surface area contributed by atoms with Crippen LogP contribution < -0.4 is 15.0 Å². The number of hydrogen-bond acceptors (Lipinski definition) is 9. The molecule has 7 atom stereocenters. The van der Waals surface area contributed by atoms with E-state index >= 15 is 0 Å². The number of Topliss-reactive ketones (excluding diaryl/α,β-unsaturated/α-hetero) is 1. The van der Waals surface area contributed by atoms with Crippen LogP contribution >= 0.6 is 0 Å². The van der Waals surface area contributed by atoms with Gasteiger partial charge in [0.15, 0.2) is 11.7 Å². The van der Waals surface area contributed by atoms with E-state index in [9.17, 15) is 32.4 Å². The van der Waals surface area contributed by atoms with Gasteiger partial charge in [0.2, 0.25) is 21.8 Å². The third-order valence-electron chi connectivity index (χ3n) is 12.5. The van der Waals surface area contributed by atoms with E-state index in [1.807, 2.05) is 12.2 Å². The van der Waals surface area contributed by atoms with E-state index in [0.29, 0.717) is 18.7 Å². The SMILES string of the molecule is C=C[C@@H]1C[C@]1(CC(=O)[C@@H]1C[C@@H]2CN1C(=O)[C@H](C1CCCC1)CC(=O)O[C@@H]1CCC[C@H]1CCC=CCn1c(cccc1=O)O2)C(=O)NS(=O)(=O)C1CC1. The smallest absolute Gasteiger partial charge is 0.306 e. The van der Waals surface area contributed by atoms with Crippen molar-refractivity contribution in [3.8, 4) is 5.88 Å². The van der Waals surface area contributed by atoms with Crippen molar-refractivity contribution in [2.75, 3.05) is 6.54 Å². The highest BCUT2D eigenvalue weighted by Crippen LogP contribution is 2.57. The van der Waals surface area contributed by atoms with Crippen molar-refractivity contribution in [1.82, 2.24) is 14.2 Å². The summed E-state index contributed by atoms with van der Waals surface area (Å²) in [5.41, 5.74) is -1.52. The summed E-state index contributed by atoms with van der Waals surface area (Å²) in [6.07, 6.45) is 13.6. The lowest BCUT2D eigenvalue weighted by Crippen LogP contribution is -2.47. The van der Waals surface area contributed by atoms with Crippen LogP contribution in [0, 0.1) is 29.1 Å². The molecule has 1 aromatic rings. The summed E-state index contributed by atoms with van der Waals surface area (Å²) in [7, 11) is -3.84. The van der Waals surface area contributed by atoms with Crippen molar-refractivity contribution < 1.29 is 37.1 Å². The first kappa shape index (κ1) is 36.6. The summed E-state index contributed by atoms with van der Waals surface area (Å²) in [5.74, 6) is -2.34. The lowest BCUT2D eigenvalue weighted by molar-refractivity contribution is -0.156. The molecule has 1 aromatic heterocycles. The van der Waals surface area contributed by atoms with Crippen LogP contribution in [0.25, 0.3) is 0 Å². The topological polar surface area (TPSA) is 158 Å². The first-order valence-electron chi connectivity index (χ1n) is 19.2. The molecule has 7 rings (SSSR count). The van der Waals surface area contributed by atoms with Crippen LogP contribution in [0.4, 0.5) is 0 Å². The zero-order valence-corrected chi connectivity index (χ0v) is 30.6. The van der Waals surface area contributed by atoms with E-state index in [1.165, 1.54) is 15.5 Å². The number of carbonyl (C=O) groups is 4. The van der Waals surface area contributed by atoms with Gasteiger partial charge in [0.05, 0.1) is 35.6 Å². The number of amides is 2. The average Bonchev–Trinajstić information content (AvgIpc) is 3.90. The Balaban J connectivity index is 1.20. The second-order valence-electron chi connectivity index (χ2n) is 15.9. The minimum atomic E-state index is -3.84. The third-order valence-corrected chi connectivity index (χ3v) is 14.3. The van der Waals surface area contributed by atoms with E-state index < -0.39 is 50.6 Å². The molecule has 282 valence electrons. The van der Waals surface area contributed by atoms with Crippen molar-refractivity contribution >= 4 is 33.6 Å². The predicted octanol–water partition coefficient (Wildman–Crippen LogP) is 4.21. The number of hydrogen-bond donors (Lipinski definition) is 1. The van der Waals surface area contributed by atoms with Crippen LogP contribution in [0.5, 0.6) is 5.88 Å². The summed E-state index contributed by atoms with van der Waals surface area (Å²) >= 11 is 0. The molecular weight excluding hydrogens is 687 g/mol. The molecule has 4 aliphatic carbocycles. The maximum absolute atomic E-state index is 14.7. The quantitative estimate of drug-likeness (QED) is 0.305. The van der Waals surface area contributed by atoms with Gasteiger partial charge in [-0.1, -0.05) is 37.1 Å². The Bertz CT molecular complexity index is 1780. The zero-order chi connectivity index (χ0) is 36.6. The maximum atomic E-state index is 14.7. The Labute approximate surface area is 305 Å². The second-order valence-corrected chi connectivity index (χ2v) is 17.9. The van der Waals surface area contributed by atoms with E-state index in [-0.39, 0.29) is 79.9 Å². The van der Waals surface area contributed by atoms with Crippen molar-refractivity contribution in [3.05, 3.63) is 53.4 Å². The first-order valence-corrected chi connectivity index (χ1v) is 20.8. The number of ether oxygens (including phenoxy) is 2. The van der Waals surface area contributed by atoms with Gasteiger partial charge in [-0.25, -0.2) is 8.42 Å². The van der Waals surface area contributed by atoms with Gasteiger partial charge < -0.3 is 14.4 Å². The zero-order valence-electron chi connectivity index (χ0n) is 29.8. The Kier molecular flexibility index (Phi) is 10.5. The van der Waals surface area contributed by atoms with Crippen molar-refractivity contribution in [2.24, 2.45) is 29.1 Å². The number of nitrogens with zero attached hydrogens (tertiary/aromatic N) is 2. The minimum absolute atomic E-state index is 0.0384. The van der Waals surface area contributed by atoms with Crippen LogP contribution in [0.15, 0.2) is 47.8 Å². The molecule has 5 fully saturated rings. The number of pyridine rings is 1. The van der Waals surface area contributed by atoms with Crippen LogP contribution in [-0.4, -0.2) is 71.5 Å². The second kappa shape index (κ2) is 14.9. The Morgan fingerprint density at radius 1 is 0.962 bits per heavy atom. The summed E-state index contributed by atoms with van der Waals surface area (Å²) in [6.45, 7) is 4.16. The molecule has 2 aliphatic heterocycles.